The van der Waals surface area contributed by atoms with Crippen LogP contribution in [0.5, 0.6) is 0 Å². The number of hydrogen-bond donors (Lipinski definition) is 1. The van der Waals surface area contributed by atoms with Crippen LogP contribution in [0.3, 0.4) is 0 Å². The molecular weight excluding hydrogens is 655 g/mol. The summed E-state index contributed by atoms with van der Waals surface area (Å²) >= 11 is 3.89. The van der Waals surface area contributed by atoms with Gasteiger partial charge in [-0.05, 0) is 80.4 Å². The minimum Gasteiger partial charge on any atom is -0.399 e. The number of anilines is 1. The van der Waals surface area contributed by atoms with E-state index < -0.39 is 0 Å². The van der Waals surface area contributed by atoms with E-state index in [2.05, 4.69) is 146 Å². The van der Waals surface area contributed by atoms with Gasteiger partial charge in [0, 0.05) is 41.9 Å². The second-order valence-electron chi connectivity index (χ2n) is 13.0. The first-order chi connectivity index (χ1) is 25.2. The highest BCUT2D eigenvalue weighted by molar-refractivity contribution is 8.00. The second-order valence-corrected chi connectivity index (χ2v) is 15.3. The summed E-state index contributed by atoms with van der Waals surface area (Å²) in [5.74, 6) is 0.487. The Labute approximate surface area is 307 Å². The molecule has 0 saturated heterocycles. The number of fused-ring (bicyclic) bond motifs is 6. The second kappa shape index (κ2) is 13.6. The zero-order valence-electron chi connectivity index (χ0n) is 27.9. The van der Waals surface area contributed by atoms with Gasteiger partial charge in [0.25, 0.3) is 0 Å². The van der Waals surface area contributed by atoms with Gasteiger partial charge in [0.05, 0.1) is 0 Å². The minimum absolute atomic E-state index is 0.487. The first-order valence-electron chi connectivity index (χ1n) is 17.4. The van der Waals surface area contributed by atoms with Crippen molar-refractivity contribution in [3.8, 4) is 44.5 Å². The largest absolute Gasteiger partial charge is 0.399 e. The van der Waals surface area contributed by atoms with Crippen LogP contribution in [-0.2, 0) is 0 Å². The number of nitrogens with two attached hydrogens (primary N) is 1. The fourth-order valence-electron chi connectivity index (χ4n) is 7.29. The van der Waals surface area contributed by atoms with Crippen LogP contribution in [0.25, 0.3) is 64.7 Å². The zero-order chi connectivity index (χ0) is 34.1. The molecular formula is C48H35NS2. The molecule has 1 aliphatic carbocycles. The number of thioether (sulfide) groups is 1. The molecule has 1 aliphatic heterocycles. The van der Waals surface area contributed by atoms with Crippen LogP contribution in [-0.4, -0.2) is 5.25 Å². The van der Waals surface area contributed by atoms with Crippen molar-refractivity contribution in [2.45, 2.75) is 16.1 Å². The number of hydrogen-bond acceptors (Lipinski definition) is 3. The van der Waals surface area contributed by atoms with E-state index in [1.807, 2.05) is 65.6 Å². The van der Waals surface area contributed by atoms with Gasteiger partial charge < -0.3 is 5.73 Å². The van der Waals surface area contributed by atoms with E-state index in [0.717, 1.165) is 5.69 Å². The van der Waals surface area contributed by atoms with Crippen LogP contribution in [0.1, 0.15) is 11.5 Å². The molecule has 2 aliphatic rings. The lowest BCUT2D eigenvalue weighted by atomic mass is 9.89. The number of thiophene rings is 1. The Balaban J connectivity index is 0.000000226. The zero-order valence-corrected chi connectivity index (χ0v) is 29.6. The van der Waals surface area contributed by atoms with Crippen molar-refractivity contribution in [2.75, 3.05) is 5.73 Å². The molecule has 2 N–H and O–H groups in total. The topological polar surface area (TPSA) is 26.0 Å². The van der Waals surface area contributed by atoms with Crippen LogP contribution >= 0.6 is 23.1 Å². The van der Waals surface area contributed by atoms with Crippen molar-refractivity contribution in [3.05, 3.63) is 194 Å². The summed E-state index contributed by atoms with van der Waals surface area (Å²) in [4.78, 5) is 1.43. The lowest BCUT2D eigenvalue weighted by molar-refractivity contribution is 0.881. The molecule has 8 aromatic rings. The third-order valence-corrected chi connectivity index (χ3v) is 12.4. The maximum absolute atomic E-state index is 5.60. The molecule has 0 bridgehead atoms. The van der Waals surface area contributed by atoms with Crippen molar-refractivity contribution in [1.82, 2.24) is 0 Å². The maximum atomic E-state index is 5.60. The van der Waals surface area contributed by atoms with E-state index in [4.69, 9.17) is 5.73 Å². The standard InChI is InChI=1S/C36H24S2.C12H11N/c1-2-9-23(10-3-1)30-21-32-28-12-5-6-15-33(28)37-35(32)22-31(30)25-19-17-24(18-20-25)26-13-8-14-29-27-11-4-7-16-34(27)38-36(26)29;13-12-8-6-11(7-9-12)10-4-2-1-3-5-10/h1-22,27,34H;1-9H,13H2. The molecule has 10 rings (SSSR count). The molecule has 3 heteroatoms. The Hall–Kier alpha value is -5.61. The van der Waals surface area contributed by atoms with Gasteiger partial charge in [-0.25, -0.2) is 0 Å². The number of benzene rings is 7. The Bertz CT molecular complexity index is 2540. The molecule has 2 atom stereocenters. The molecule has 0 radical (unpaired) electrons. The quantitative estimate of drug-likeness (QED) is 0.186. The molecule has 0 amide bonds. The number of rotatable bonds is 4. The molecule has 2 unspecified atom stereocenters. The summed E-state index contributed by atoms with van der Waals surface area (Å²) in [5.41, 5.74) is 18.0. The third kappa shape index (κ3) is 6.10. The minimum atomic E-state index is 0.487. The molecule has 0 fully saturated rings. The van der Waals surface area contributed by atoms with E-state index in [1.165, 1.54) is 75.1 Å². The van der Waals surface area contributed by atoms with E-state index in [9.17, 15) is 0 Å². The van der Waals surface area contributed by atoms with E-state index in [-0.39, 0.29) is 0 Å². The van der Waals surface area contributed by atoms with Crippen LogP contribution in [0.15, 0.2) is 193 Å². The highest BCUT2D eigenvalue weighted by atomic mass is 32.2. The number of allylic oxidation sites excluding steroid dienone is 3. The number of nitrogen functional groups attached to an aromatic ring is 1. The van der Waals surface area contributed by atoms with Gasteiger partial charge in [0.15, 0.2) is 0 Å². The Morgan fingerprint density at radius 1 is 0.431 bits per heavy atom. The molecule has 7 aromatic carbocycles. The normalized spacial score (nSPS) is 15.7. The molecule has 2 heterocycles. The highest BCUT2D eigenvalue weighted by Gasteiger charge is 2.32. The Morgan fingerprint density at radius 3 is 1.78 bits per heavy atom. The smallest absolute Gasteiger partial charge is 0.0381 e. The SMILES string of the molecule is C1=CC2Sc3c(-c4ccc(-c5cc6sc7ccccc7c6cc5-c5ccccc5)cc4)cccc3C2C=C1.Nc1ccc(-c2ccccc2)cc1. The van der Waals surface area contributed by atoms with Gasteiger partial charge in [-0.3, -0.25) is 0 Å². The van der Waals surface area contributed by atoms with Gasteiger partial charge in [0.1, 0.15) is 0 Å². The highest BCUT2D eigenvalue weighted by Crippen LogP contribution is 2.52. The predicted octanol–water partition coefficient (Wildman–Crippen LogP) is 13.7. The fraction of sp³-hybridized carbons (Fsp3) is 0.0417. The van der Waals surface area contributed by atoms with Crippen LogP contribution in [0.4, 0.5) is 5.69 Å². The van der Waals surface area contributed by atoms with E-state index >= 15 is 0 Å². The Kier molecular flexibility index (Phi) is 8.37. The monoisotopic (exact) mass is 689 g/mol. The average Bonchev–Trinajstić information content (AvgIpc) is 3.77. The van der Waals surface area contributed by atoms with Crippen molar-refractivity contribution in [2.24, 2.45) is 0 Å². The van der Waals surface area contributed by atoms with Gasteiger partial charge in [-0.1, -0.05) is 158 Å². The fourth-order valence-corrected chi connectivity index (χ4v) is 9.90. The lowest BCUT2D eigenvalue weighted by Gasteiger charge is -2.14. The molecule has 1 nitrogen and oxygen atoms in total. The van der Waals surface area contributed by atoms with Crippen LogP contribution in [0.2, 0.25) is 0 Å². The summed E-state index contributed by atoms with van der Waals surface area (Å²) in [6.45, 7) is 0. The molecule has 244 valence electrons. The van der Waals surface area contributed by atoms with E-state index in [1.54, 1.807) is 0 Å². The lowest BCUT2D eigenvalue weighted by Crippen LogP contribution is -2.06. The molecule has 0 spiro atoms. The average molecular weight is 690 g/mol. The van der Waals surface area contributed by atoms with Crippen molar-refractivity contribution in [3.63, 3.8) is 0 Å². The summed E-state index contributed by atoms with van der Waals surface area (Å²) in [6.07, 6.45) is 9.07. The van der Waals surface area contributed by atoms with Gasteiger partial charge in [-0.15, -0.1) is 23.1 Å². The van der Waals surface area contributed by atoms with E-state index in [0.29, 0.717) is 11.2 Å². The summed E-state index contributed by atoms with van der Waals surface area (Å²) in [5, 5.41) is 3.19. The van der Waals surface area contributed by atoms with Crippen LogP contribution < -0.4 is 5.73 Å². The Morgan fingerprint density at radius 2 is 1.02 bits per heavy atom. The first kappa shape index (κ1) is 31.4. The van der Waals surface area contributed by atoms with Gasteiger partial charge in [-0.2, -0.15) is 0 Å². The van der Waals surface area contributed by atoms with Crippen molar-refractivity contribution >= 4 is 49.0 Å². The first-order valence-corrected chi connectivity index (χ1v) is 19.1. The van der Waals surface area contributed by atoms with Crippen LogP contribution in [0, 0.1) is 0 Å². The summed E-state index contributed by atoms with van der Waals surface area (Å²) in [6, 6.07) is 58.6. The van der Waals surface area contributed by atoms with Gasteiger partial charge in [0.2, 0.25) is 0 Å². The maximum Gasteiger partial charge on any atom is 0.0381 e. The molecule has 51 heavy (non-hydrogen) atoms. The van der Waals surface area contributed by atoms with Gasteiger partial charge >= 0.3 is 0 Å². The molecule has 0 saturated carbocycles. The van der Waals surface area contributed by atoms with Crippen molar-refractivity contribution < 1.29 is 0 Å². The third-order valence-electron chi connectivity index (χ3n) is 9.87. The van der Waals surface area contributed by atoms with Crippen molar-refractivity contribution in [1.29, 1.82) is 0 Å². The molecule has 1 aromatic heterocycles. The predicted molar refractivity (Wildman–Crippen MR) is 223 cm³/mol. The summed E-state index contributed by atoms with van der Waals surface area (Å²) in [7, 11) is 0. The summed E-state index contributed by atoms with van der Waals surface area (Å²) < 4.78 is 2.68.